The van der Waals surface area contributed by atoms with Gasteiger partial charge in [0.25, 0.3) is 5.91 Å². The Kier molecular flexibility index (Phi) is 5.59. The normalized spacial score (nSPS) is 13.1. The van der Waals surface area contributed by atoms with Crippen LogP contribution in [-0.2, 0) is 14.4 Å². The fourth-order valence-electron chi connectivity index (χ4n) is 3.17. The summed E-state index contributed by atoms with van der Waals surface area (Å²) in [5.41, 5.74) is 1.72. The SMILES string of the molecule is CC(=O)N(c1nc(/C=C/C(=O)N2CC(=O)Nc3ccccc32)cs1)c1ccccc1F. The topological polar surface area (TPSA) is 82.6 Å². The number of nitrogens with zero attached hydrogens (tertiary/aromatic N) is 3. The van der Waals surface area contributed by atoms with Crippen molar-refractivity contribution in [2.24, 2.45) is 0 Å². The molecule has 3 amide bonds. The average molecular weight is 436 g/mol. The molecule has 4 rings (SSSR count). The van der Waals surface area contributed by atoms with Gasteiger partial charge in [0, 0.05) is 18.4 Å². The van der Waals surface area contributed by atoms with Gasteiger partial charge in [0.1, 0.15) is 12.4 Å². The maximum Gasteiger partial charge on any atom is 0.251 e. The summed E-state index contributed by atoms with van der Waals surface area (Å²) in [6, 6.07) is 13.0. The molecule has 0 radical (unpaired) electrons. The molecule has 0 spiro atoms. The maximum absolute atomic E-state index is 14.2. The molecule has 0 aliphatic carbocycles. The number of halogens is 1. The molecule has 7 nitrogen and oxygen atoms in total. The molecular weight excluding hydrogens is 419 g/mol. The first-order valence-electron chi connectivity index (χ1n) is 9.33. The summed E-state index contributed by atoms with van der Waals surface area (Å²) in [7, 11) is 0. The number of para-hydroxylation sites is 3. The molecule has 0 bridgehead atoms. The summed E-state index contributed by atoms with van der Waals surface area (Å²) in [4.78, 5) is 43.7. The van der Waals surface area contributed by atoms with Crippen LogP contribution in [0.2, 0.25) is 0 Å². The van der Waals surface area contributed by atoms with Crippen LogP contribution >= 0.6 is 11.3 Å². The third-order valence-electron chi connectivity index (χ3n) is 4.54. The number of carbonyl (C=O) groups excluding carboxylic acids is 3. The van der Waals surface area contributed by atoms with Gasteiger partial charge in [-0.3, -0.25) is 24.2 Å². The van der Waals surface area contributed by atoms with E-state index in [9.17, 15) is 18.8 Å². The Bertz CT molecular complexity index is 1210. The van der Waals surface area contributed by atoms with Crippen molar-refractivity contribution in [1.29, 1.82) is 0 Å². The van der Waals surface area contributed by atoms with Crippen LogP contribution in [0.15, 0.2) is 60.0 Å². The monoisotopic (exact) mass is 436 g/mol. The van der Waals surface area contributed by atoms with E-state index in [1.165, 1.54) is 47.1 Å². The average Bonchev–Trinajstić information content (AvgIpc) is 3.21. The minimum Gasteiger partial charge on any atom is -0.323 e. The summed E-state index contributed by atoms with van der Waals surface area (Å²) in [5, 5.41) is 4.67. The van der Waals surface area contributed by atoms with E-state index in [2.05, 4.69) is 10.3 Å². The number of amides is 3. The summed E-state index contributed by atoms with van der Waals surface area (Å²) < 4.78 is 14.2. The van der Waals surface area contributed by atoms with Crippen LogP contribution in [0.25, 0.3) is 6.08 Å². The summed E-state index contributed by atoms with van der Waals surface area (Å²) in [6.45, 7) is 1.24. The zero-order valence-electron chi connectivity index (χ0n) is 16.4. The zero-order chi connectivity index (χ0) is 22.0. The van der Waals surface area contributed by atoms with Crippen LogP contribution in [0.5, 0.6) is 0 Å². The molecule has 2 aromatic carbocycles. The van der Waals surface area contributed by atoms with Gasteiger partial charge in [-0.1, -0.05) is 24.3 Å². The van der Waals surface area contributed by atoms with E-state index in [-0.39, 0.29) is 35.1 Å². The van der Waals surface area contributed by atoms with Crippen molar-refractivity contribution in [1.82, 2.24) is 4.98 Å². The minimum atomic E-state index is -0.540. The van der Waals surface area contributed by atoms with Crippen LogP contribution in [0.3, 0.4) is 0 Å². The van der Waals surface area contributed by atoms with E-state index in [1.807, 2.05) is 0 Å². The molecule has 1 aromatic heterocycles. The van der Waals surface area contributed by atoms with E-state index in [1.54, 1.807) is 35.7 Å². The van der Waals surface area contributed by atoms with E-state index in [0.717, 1.165) is 11.3 Å². The van der Waals surface area contributed by atoms with Gasteiger partial charge in [-0.25, -0.2) is 9.37 Å². The van der Waals surface area contributed by atoms with Gasteiger partial charge in [-0.2, -0.15) is 0 Å². The van der Waals surface area contributed by atoms with Gasteiger partial charge in [-0.15, -0.1) is 11.3 Å². The predicted octanol–water partition coefficient (Wildman–Crippen LogP) is 3.97. The second kappa shape index (κ2) is 8.49. The quantitative estimate of drug-likeness (QED) is 0.628. The first-order chi connectivity index (χ1) is 14.9. The van der Waals surface area contributed by atoms with Crippen molar-refractivity contribution < 1.29 is 18.8 Å². The Morgan fingerprint density at radius 3 is 2.71 bits per heavy atom. The fraction of sp³-hybridized carbons (Fsp3) is 0.0909. The predicted molar refractivity (Wildman–Crippen MR) is 118 cm³/mol. The molecule has 0 saturated carbocycles. The lowest BCUT2D eigenvalue weighted by Crippen LogP contribution is -2.41. The Morgan fingerprint density at radius 1 is 1.19 bits per heavy atom. The number of rotatable bonds is 4. The number of fused-ring (bicyclic) bond motifs is 1. The number of thiazole rings is 1. The number of hydrogen-bond donors (Lipinski definition) is 1. The molecule has 3 aromatic rings. The van der Waals surface area contributed by atoms with Crippen LogP contribution < -0.4 is 15.1 Å². The number of benzene rings is 2. The second-order valence-electron chi connectivity index (χ2n) is 6.68. The lowest BCUT2D eigenvalue weighted by Gasteiger charge is -2.28. The first kappa shape index (κ1) is 20.4. The summed E-state index contributed by atoms with van der Waals surface area (Å²) in [6.07, 6.45) is 2.81. The Balaban J connectivity index is 1.56. The largest absolute Gasteiger partial charge is 0.323 e. The highest BCUT2D eigenvalue weighted by atomic mass is 32.1. The van der Waals surface area contributed by atoms with Crippen molar-refractivity contribution in [3.05, 3.63) is 71.5 Å². The van der Waals surface area contributed by atoms with Crippen molar-refractivity contribution in [2.75, 3.05) is 21.7 Å². The van der Waals surface area contributed by atoms with Crippen LogP contribution in [0.1, 0.15) is 12.6 Å². The smallest absolute Gasteiger partial charge is 0.251 e. The molecule has 31 heavy (non-hydrogen) atoms. The van der Waals surface area contributed by atoms with Gasteiger partial charge in [-0.05, 0) is 30.3 Å². The number of nitrogens with one attached hydrogen (secondary N) is 1. The lowest BCUT2D eigenvalue weighted by atomic mass is 10.2. The standard InChI is InChI=1S/C22H17FN4O3S/c1-14(28)27(18-8-4-2-6-16(18)23)22-24-15(13-31-22)10-11-21(30)26-12-20(29)25-17-7-3-5-9-19(17)26/h2-11,13H,12H2,1H3,(H,25,29)/b11-10+. The molecule has 2 heterocycles. The van der Waals surface area contributed by atoms with Crippen LogP contribution in [0, 0.1) is 5.82 Å². The van der Waals surface area contributed by atoms with E-state index < -0.39 is 5.82 Å². The van der Waals surface area contributed by atoms with Crippen molar-refractivity contribution in [2.45, 2.75) is 6.92 Å². The minimum absolute atomic E-state index is 0.0894. The molecule has 1 N–H and O–H groups in total. The molecular formula is C22H17FN4O3S. The first-order valence-corrected chi connectivity index (χ1v) is 10.2. The molecule has 0 fully saturated rings. The Morgan fingerprint density at radius 2 is 1.94 bits per heavy atom. The highest BCUT2D eigenvalue weighted by Gasteiger charge is 2.25. The van der Waals surface area contributed by atoms with Crippen molar-refractivity contribution in [3.8, 4) is 0 Å². The third kappa shape index (κ3) is 4.22. The molecule has 156 valence electrons. The Hall–Kier alpha value is -3.85. The van der Waals surface area contributed by atoms with Crippen LogP contribution in [0.4, 0.5) is 26.6 Å². The number of anilines is 4. The third-order valence-corrected chi connectivity index (χ3v) is 5.39. The van der Waals surface area contributed by atoms with Crippen molar-refractivity contribution in [3.63, 3.8) is 0 Å². The molecule has 0 saturated heterocycles. The highest BCUT2D eigenvalue weighted by Crippen LogP contribution is 2.32. The molecule has 0 unspecified atom stereocenters. The maximum atomic E-state index is 14.2. The van der Waals surface area contributed by atoms with Gasteiger partial charge < -0.3 is 5.32 Å². The molecule has 0 atom stereocenters. The highest BCUT2D eigenvalue weighted by molar-refractivity contribution is 7.14. The number of hydrogen-bond acceptors (Lipinski definition) is 5. The fourth-order valence-corrected chi connectivity index (χ4v) is 4.02. The molecule has 9 heteroatoms. The number of aromatic nitrogens is 1. The van der Waals surface area contributed by atoms with Gasteiger partial charge >= 0.3 is 0 Å². The summed E-state index contributed by atoms with van der Waals surface area (Å²) >= 11 is 1.15. The van der Waals surface area contributed by atoms with Gasteiger partial charge in [0.05, 0.1) is 22.8 Å². The second-order valence-corrected chi connectivity index (χ2v) is 7.52. The van der Waals surface area contributed by atoms with E-state index >= 15 is 0 Å². The molecule has 1 aliphatic heterocycles. The van der Waals surface area contributed by atoms with Crippen LogP contribution in [-0.4, -0.2) is 29.3 Å². The Labute approximate surface area is 181 Å². The van der Waals surface area contributed by atoms with Gasteiger partial charge in [0.2, 0.25) is 11.8 Å². The summed E-state index contributed by atoms with van der Waals surface area (Å²) in [5.74, 6) is -1.59. The zero-order valence-corrected chi connectivity index (χ0v) is 17.2. The van der Waals surface area contributed by atoms with Gasteiger partial charge in [0.15, 0.2) is 5.13 Å². The van der Waals surface area contributed by atoms with Crippen molar-refractivity contribution >= 4 is 57.3 Å². The van der Waals surface area contributed by atoms with E-state index in [4.69, 9.17) is 0 Å². The lowest BCUT2D eigenvalue weighted by molar-refractivity contribution is -0.119. The molecule has 1 aliphatic rings. The van der Waals surface area contributed by atoms with E-state index in [0.29, 0.717) is 17.1 Å². The number of carbonyl (C=O) groups is 3.